The molecule has 0 saturated carbocycles. The second kappa shape index (κ2) is 5.65. The van der Waals surface area contributed by atoms with Crippen molar-refractivity contribution in [2.45, 2.75) is 45.6 Å². The molecule has 2 N–H and O–H groups in total. The maximum atomic E-state index is 9.87. The van der Waals surface area contributed by atoms with Crippen LogP contribution in [0.5, 0.6) is 0 Å². The predicted molar refractivity (Wildman–Crippen MR) is 70.9 cm³/mol. The van der Waals surface area contributed by atoms with E-state index in [-0.39, 0.29) is 12.0 Å². The average Bonchev–Trinajstić information content (AvgIpc) is 2.29. The largest absolute Gasteiger partial charge is 0.394 e. The molecule has 0 saturated heterocycles. The predicted octanol–water partition coefficient (Wildman–Crippen LogP) is 2.67. The Hall–Kier alpha value is -0.860. The molecular weight excluding hydrogens is 212 g/mol. The molecule has 1 rings (SSSR count). The fourth-order valence-corrected chi connectivity index (χ4v) is 2.13. The molecule has 0 aliphatic heterocycles. The van der Waals surface area contributed by atoms with E-state index in [9.17, 15) is 5.11 Å². The molecule has 17 heavy (non-hydrogen) atoms. The van der Waals surface area contributed by atoms with Gasteiger partial charge in [-0.2, -0.15) is 0 Å². The molecular formula is C15H23O2. The van der Waals surface area contributed by atoms with Crippen molar-refractivity contribution in [1.29, 1.82) is 0 Å². The van der Waals surface area contributed by atoms with E-state index < -0.39 is 6.10 Å². The van der Waals surface area contributed by atoms with Crippen molar-refractivity contribution in [2.24, 2.45) is 0 Å². The molecule has 2 nitrogen and oxygen atoms in total. The first-order valence-corrected chi connectivity index (χ1v) is 6.16. The maximum absolute atomic E-state index is 9.87. The van der Waals surface area contributed by atoms with Gasteiger partial charge in [0.2, 0.25) is 0 Å². The third-order valence-electron chi connectivity index (χ3n) is 3.04. The zero-order valence-electron chi connectivity index (χ0n) is 11.2. The summed E-state index contributed by atoms with van der Waals surface area (Å²) in [5, 5.41) is 19.0. The highest BCUT2D eigenvalue weighted by molar-refractivity contribution is 5.43. The van der Waals surface area contributed by atoms with E-state index in [1.807, 2.05) is 25.1 Å². The van der Waals surface area contributed by atoms with Crippen molar-refractivity contribution in [1.82, 2.24) is 0 Å². The van der Waals surface area contributed by atoms with Gasteiger partial charge in [0.05, 0.1) is 12.7 Å². The lowest BCUT2D eigenvalue weighted by molar-refractivity contribution is 0.106. The summed E-state index contributed by atoms with van der Waals surface area (Å²) in [5.74, 6) is 0.915. The fraction of sp³-hybridized carbons (Fsp3) is 0.533. The summed E-state index contributed by atoms with van der Waals surface area (Å²) >= 11 is 0. The standard InChI is InChI=1S/C15H23O2/c1-5-11(14(17)10-16)12-8-6-7-9-13(12)15(2,3)4/h6-9,14,16-17H,5,10H2,1-4H3. The van der Waals surface area contributed by atoms with Crippen molar-refractivity contribution in [3.05, 3.63) is 41.3 Å². The number of aliphatic hydroxyl groups excluding tert-OH is 2. The van der Waals surface area contributed by atoms with E-state index >= 15 is 0 Å². The van der Waals surface area contributed by atoms with Crippen LogP contribution in [-0.4, -0.2) is 22.9 Å². The summed E-state index contributed by atoms with van der Waals surface area (Å²) in [7, 11) is 0. The quantitative estimate of drug-likeness (QED) is 0.842. The minimum absolute atomic E-state index is 0.0339. The summed E-state index contributed by atoms with van der Waals surface area (Å²) in [6.07, 6.45) is -0.0158. The molecule has 0 aliphatic carbocycles. The summed E-state index contributed by atoms with van der Waals surface area (Å²) in [6.45, 7) is 8.26. The lowest BCUT2D eigenvalue weighted by Gasteiger charge is -2.28. The second-order valence-corrected chi connectivity index (χ2v) is 5.37. The van der Waals surface area contributed by atoms with Crippen molar-refractivity contribution in [3.63, 3.8) is 0 Å². The van der Waals surface area contributed by atoms with Crippen LogP contribution in [0, 0.1) is 5.92 Å². The molecule has 0 bridgehead atoms. The Balaban J connectivity index is 3.20. The number of aliphatic hydroxyl groups is 2. The van der Waals surface area contributed by atoms with Gasteiger partial charge in [0.15, 0.2) is 0 Å². The monoisotopic (exact) mass is 235 g/mol. The van der Waals surface area contributed by atoms with Gasteiger partial charge in [-0.1, -0.05) is 52.0 Å². The van der Waals surface area contributed by atoms with Crippen LogP contribution in [0.4, 0.5) is 0 Å². The first-order valence-electron chi connectivity index (χ1n) is 6.16. The SMILES string of the molecule is CC[C](c1ccccc1C(C)(C)C)C(O)CO. The van der Waals surface area contributed by atoms with E-state index in [0.29, 0.717) is 0 Å². The molecule has 0 amide bonds. The Morgan fingerprint density at radius 2 is 1.82 bits per heavy atom. The van der Waals surface area contributed by atoms with Crippen LogP contribution >= 0.6 is 0 Å². The molecule has 1 unspecified atom stereocenters. The first-order chi connectivity index (χ1) is 7.91. The Kier molecular flexibility index (Phi) is 4.72. The van der Waals surface area contributed by atoms with Gasteiger partial charge in [-0.3, -0.25) is 0 Å². The Labute approximate surface area is 104 Å². The van der Waals surface area contributed by atoms with Crippen LogP contribution < -0.4 is 0 Å². The van der Waals surface area contributed by atoms with Crippen molar-refractivity contribution in [2.75, 3.05) is 6.61 Å². The van der Waals surface area contributed by atoms with Gasteiger partial charge in [-0.15, -0.1) is 0 Å². The van der Waals surface area contributed by atoms with E-state index in [1.165, 1.54) is 5.56 Å². The lowest BCUT2D eigenvalue weighted by Crippen LogP contribution is -2.26. The number of rotatable bonds is 4. The van der Waals surface area contributed by atoms with Crippen LogP contribution in [-0.2, 0) is 5.41 Å². The van der Waals surface area contributed by atoms with E-state index in [0.717, 1.165) is 17.9 Å². The zero-order chi connectivity index (χ0) is 13.1. The summed E-state index contributed by atoms with van der Waals surface area (Å²) in [4.78, 5) is 0. The molecule has 0 fully saturated rings. The van der Waals surface area contributed by atoms with Gasteiger partial charge in [0, 0.05) is 5.92 Å². The zero-order valence-corrected chi connectivity index (χ0v) is 11.2. The summed E-state index contributed by atoms with van der Waals surface area (Å²) < 4.78 is 0. The van der Waals surface area contributed by atoms with Gasteiger partial charge in [-0.25, -0.2) is 0 Å². The van der Waals surface area contributed by atoms with Gasteiger partial charge in [-0.05, 0) is 23.0 Å². The molecule has 95 valence electrons. The van der Waals surface area contributed by atoms with Crippen LogP contribution in [0.3, 0.4) is 0 Å². The highest BCUT2D eigenvalue weighted by Gasteiger charge is 2.26. The third kappa shape index (κ3) is 3.30. The van der Waals surface area contributed by atoms with Crippen molar-refractivity contribution < 1.29 is 10.2 Å². The highest BCUT2D eigenvalue weighted by Crippen LogP contribution is 2.33. The molecule has 0 spiro atoms. The topological polar surface area (TPSA) is 40.5 Å². The highest BCUT2D eigenvalue weighted by atomic mass is 16.3. The Bertz CT molecular complexity index is 352. The number of hydrogen-bond donors (Lipinski definition) is 2. The summed E-state index contributed by atoms with van der Waals surface area (Å²) in [6, 6.07) is 8.11. The van der Waals surface area contributed by atoms with E-state index in [2.05, 4.69) is 26.8 Å². The molecule has 2 heteroatoms. The normalized spacial score (nSPS) is 14.1. The Morgan fingerprint density at radius 1 is 1.24 bits per heavy atom. The lowest BCUT2D eigenvalue weighted by atomic mass is 9.78. The minimum atomic E-state index is -0.761. The Morgan fingerprint density at radius 3 is 2.29 bits per heavy atom. The molecule has 0 aliphatic rings. The van der Waals surface area contributed by atoms with Gasteiger partial charge in [0.25, 0.3) is 0 Å². The number of hydrogen-bond acceptors (Lipinski definition) is 2. The van der Waals surface area contributed by atoms with Crippen molar-refractivity contribution in [3.8, 4) is 0 Å². The van der Waals surface area contributed by atoms with Crippen LogP contribution in [0.1, 0.15) is 45.2 Å². The minimum Gasteiger partial charge on any atom is -0.394 e. The van der Waals surface area contributed by atoms with Crippen LogP contribution in [0.15, 0.2) is 24.3 Å². The van der Waals surface area contributed by atoms with Gasteiger partial charge < -0.3 is 10.2 Å². The average molecular weight is 235 g/mol. The van der Waals surface area contributed by atoms with Crippen LogP contribution in [0.2, 0.25) is 0 Å². The molecule has 1 radical (unpaired) electrons. The van der Waals surface area contributed by atoms with Crippen LogP contribution in [0.25, 0.3) is 0 Å². The van der Waals surface area contributed by atoms with E-state index in [4.69, 9.17) is 5.11 Å². The third-order valence-corrected chi connectivity index (χ3v) is 3.04. The smallest absolute Gasteiger partial charge is 0.0876 e. The second-order valence-electron chi connectivity index (χ2n) is 5.37. The molecule has 1 atom stereocenters. The van der Waals surface area contributed by atoms with Gasteiger partial charge in [0.1, 0.15) is 0 Å². The number of benzene rings is 1. The molecule has 0 aromatic heterocycles. The molecule has 1 aromatic carbocycles. The fourth-order valence-electron chi connectivity index (χ4n) is 2.13. The first kappa shape index (κ1) is 14.2. The maximum Gasteiger partial charge on any atom is 0.0876 e. The molecule has 1 aromatic rings. The molecule has 0 heterocycles. The van der Waals surface area contributed by atoms with Crippen molar-refractivity contribution >= 4 is 0 Å². The summed E-state index contributed by atoms with van der Waals surface area (Å²) in [5.41, 5.74) is 2.32. The van der Waals surface area contributed by atoms with E-state index in [1.54, 1.807) is 0 Å². The van der Waals surface area contributed by atoms with Gasteiger partial charge >= 0.3 is 0 Å².